The van der Waals surface area contributed by atoms with Gasteiger partial charge in [0.05, 0.1) is 16.7 Å². The fraction of sp³-hybridized carbons (Fsp3) is 0.103. The summed E-state index contributed by atoms with van der Waals surface area (Å²) in [6.45, 7) is 2.75. The molecule has 3 N–H and O–H groups in total. The smallest absolute Gasteiger partial charge is 0.335 e. The largest absolute Gasteiger partial charge is 0.478 e. The molecular formula is C39H33FN6O6. The highest BCUT2D eigenvalue weighted by Gasteiger charge is 2.23. The molecule has 0 aliphatic heterocycles. The first-order chi connectivity index (χ1) is 24.8. The van der Waals surface area contributed by atoms with E-state index in [1.807, 2.05) is 60.7 Å². The number of aromatic nitrogens is 4. The lowest BCUT2D eigenvalue weighted by molar-refractivity contribution is 0.0696. The van der Waals surface area contributed by atoms with E-state index in [4.69, 9.17) is 5.11 Å². The molecule has 262 valence electrons. The molecule has 0 aliphatic rings. The summed E-state index contributed by atoms with van der Waals surface area (Å²) in [5.74, 6) is -2.09. The van der Waals surface area contributed by atoms with Gasteiger partial charge in [-0.15, -0.1) is 0 Å². The van der Waals surface area contributed by atoms with Crippen molar-refractivity contribution in [3.05, 3.63) is 152 Å². The number of carboxylic acid groups (broad SMARTS) is 1. The summed E-state index contributed by atoms with van der Waals surface area (Å²) in [6.07, 6.45) is 0. The molecule has 12 nitrogen and oxygen atoms in total. The van der Waals surface area contributed by atoms with E-state index in [1.54, 1.807) is 6.07 Å². The number of hydrogen-bond donors (Lipinski definition) is 3. The van der Waals surface area contributed by atoms with Crippen LogP contribution in [0, 0.1) is 5.82 Å². The van der Waals surface area contributed by atoms with Gasteiger partial charge in [-0.25, -0.2) is 18.5 Å². The molecule has 0 saturated heterocycles. The molecule has 2 aromatic heterocycles. The molecule has 6 aromatic rings. The van der Waals surface area contributed by atoms with Crippen LogP contribution in [0.15, 0.2) is 119 Å². The standard InChI is InChI=1S/C20H17N3O4.C19H16FN3O2/c1-12(24)16-17(13-6-4-3-5-7-13)22-23(2)19(25)18(16)21-15-10-8-14(9-11-15)20(26)27;1-12(24)16-17(13-7-4-3-5-8-13)22-23(2)19(25)18(16)21-15-10-6-9-14(20)11-15/h3-11,21H,1-2H3,(H,26,27);3-11,21H,1-2H3. The number of carboxylic acids is 1. The zero-order valence-electron chi connectivity index (χ0n) is 28.5. The van der Waals surface area contributed by atoms with Crippen molar-refractivity contribution in [2.75, 3.05) is 10.6 Å². The van der Waals surface area contributed by atoms with Crippen LogP contribution >= 0.6 is 0 Å². The van der Waals surface area contributed by atoms with Crippen LogP contribution in [0.5, 0.6) is 0 Å². The van der Waals surface area contributed by atoms with Crippen LogP contribution in [0.2, 0.25) is 0 Å². The van der Waals surface area contributed by atoms with E-state index < -0.39 is 22.9 Å². The van der Waals surface area contributed by atoms with Crippen LogP contribution in [-0.2, 0) is 14.1 Å². The van der Waals surface area contributed by atoms with Gasteiger partial charge in [0.15, 0.2) is 11.6 Å². The number of rotatable bonds is 9. The van der Waals surface area contributed by atoms with Gasteiger partial charge in [-0.05, 0) is 56.3 Å². The number of aryl methyl sites for hydroxylation is 2. The molecule has 0 atom stereocenters. The predicted molar refractivity (Wildman–Crippen MR) is 196 cm³/mol. The lowest BCUT2D eigenvalue weighted by Gasteiger charge is -2.15. The molecule has 0 spiro atoms. The molecule has 4 aromatic carbocycles. The number of ketones is 2. The van der Waals surface area contributed by atoms with Gasteiger partial charge < -0.3 is 15.7 Å². The Balaban J connectivity index is 0.000000202. The van der Waals surface area contributed by atoms with Crippen molar-refractivity contribution in [2.45, 2.75) is 13.8 Å². The second-order valence-electron chi connectivity index (χ2n) is 11.5. The molecule has 0 saturated carbocycles. The van der Waals surface area contributed by atoms with Gasteiger partial charge in [0, 0.05) is 36.6 Å². The molecular weight excluding hydrogens is 667 g/mol. The second-order valence-corrected chi connectivity index (χ2v) is 11.5. The Labute approximate surface area is 296 Å². The number of nitrogens with one attached hydrogen (secondary N) is 2. The zero-order chi connectivity index (χ0) is 37.5. The Hall–Kier alpha value is -7.02. The van der Waals surface area contributed by atoms with E-state index in [-0.39, 0.29) is 39.6 Å². The van der Waals surface area contributed by atoms with E-state index in [0.29, 0.717) is 33.9 Å². The lowest BCUT2D eigenvalue weighted by atomic mass is 10.0. The number of hydrogen-bond acceptors (Lipinski definition) is 9. The van der Waals surface area contributed by atoms with Crippen LogP contribution in [0.3, 0.4) is 0 Å². The minimum atomic E-state index is -1.04. The van der Waals surface area contributed by atoms with Crippen molar-refractivity contribution < 1.29 is 23.9 Å². The number of Topliss-reactive ketones (excluding diaryl/α,β-unsaturated/α-hetero) is 2. The molecule has 52 heavy (non-hydrogen) atoms. The van der Waals surface area contributed by atoms with Crippen molar-refractivity contribution in [2.24, 2.45) is 14.1 Å². The van der Waals surface area contributed by atoms with Gasteiger partial charge in [0.2, 0.25) is 0 Å². The van der Waals surface area contributed by atoms with E-state index in [0.717, 1.165) is 4.68 Å². The first-order valence-electron chi connectivity index (χ1n) is 15.8. The predicted octanol–water partition coefficient (Wildman–Crippen LogP) is 6.62. The van der Waals surface area contributed by atoms with E-state index in [2.05, 4.69) is 20.8 Å². The van der Waals surface area contributed by atoms with Crippen molar-refractivity contribution in [3.63, 3.8) is 0 Å². The second kappa shape index (κ2) is 15.7. The van der Waals surface area contributed by atoms with Crippen molar-refractivity contribution in [1.29, 1.82) is 0 Å². The molecule has 0 amide bonds. The molecule has 13 heteroatoms. The Morgan fingerprint density at radius 2 is 1.06 bits per heavy atom. The summed E-state index contributed by atoms with van der Waals surface area (Å²) in [6, 6.07) is 29.9. The third-order valence-corrected chi connectivity index (χ3v) is 7.78. The van der Waals surface area contributed by atoms with Gasteiger partial charge in [-0.2, -0.15) is 10.2 Å². The Morgan fingerprint density at radius 1 is 0.615 bits per heavy atom. The summed E-state index contributed by atoms with van der Waals surface area (Å²) < 4.78 is 15.8. The summed E-state index contributed by atoms with van der Waals surface area (Å²) in [4.78, 5) is 60.8. The van der Waals surface area contributed by atoms with Crippen LogP contribution in [0.4, 0.5) is 27.1 Å². The van der Waals surface area contributed by atoms with Gasteiger partial charge in [-0.1, -0.05) is 66.7 Å². The molecule has 6 rings (SSSR count). The summed E-state index contributed by atoms with van der Waals surface area (Å²) in [5.41, 5.74) is 2.84. The molecule has 0 aliphatic carbocycles. The monoisotopic (exact) mass is 700 g/mol. The Morgan fingerprint density at radius 3 is 1.46 bits per heavy atom. The van der Waals surface area contributed by atoms with E-state index in [9.17, 15) is 28.4 Å². The van der Waals surface area contributed by atoms with Gasteiger partial charge in [0.25, 0.3) is 11.1 Å². The summed E-state index contributed by atoms with van der Waals surface area (Å²) in [5, 5.41) is 23.4. The van der Waals surface area contributed by atoms with Gasteiger partial charge >= 0.3 is 5.97 Å². The molecule has 0 radical (unpaired) electrons. The SMILES string of the molecule is CC(=O)c1c(-c2ccccc2)nn(C)c(=O)c1Nc1ccc(C(=O)O)cc1.CC(=O)c1c(-c2ccccc2)nn(C)c(=O)c1Nc1cccc(F)c1. The number of anilines is 4. The minimum absolute atomic E-state index is 0.0782. The highest BCUT2D eigenvalue weighted by atomic mass is 19.1. The Kier molecular flexibility index (Phi) is 10.9. The van der Waals surface area contributed by atoms with Crippen molar-refractivity contribution >= 4 is 40.3 Å². The number of halogens is 1. The number of carbonyl (C=O) groups excluding carboxylic acids is 2. The number of benzene rings is 4. The molecule has 0 unspecified atom stereocenters. The van der Waals surface area contributed by atoms with Gasteiger partial charge in [0.1, 0.15) is 28.6 Å². The maximum absolute atomic E-state index is 13.5. The third-order valence-electron chi connectivity index (χ3n) is 7.78. The summed E-state index contributed by atoms with van der Waals surface area (Å²) >= 11 is 0. The lowest BCUT2D eigenvalue weighted by Crippen LogP contribution is -2.26. The van der Waals surface area contributed by atoms with E-state index >= 15 is 0 Å². The molecule has 0 fully saturated rings. The number of nitrogens with zero attached hydrogens (tertiary/aromatic N) is 4. The maximum Gasteiger partial charge on any atom is 0.335 e. The highest BCUT2D eigenvalue weighted by Crippen LogP contribution is 2.29. The van der Waals surface area contributed by atoms with Crippen molar-refractivity contribution in [1.82, 2.24) is 19.6 Å². The average molecular weight is 701 g/mol. The first kappa shape index (κ1) is 36.3. The fourth-order valence-corrected chi connectivity index (χ4v) is 5.33. The topological polar surface area (TPSA) is 165 Å². The van der Waals surface area contributed by atoms with Crippen molar-refractivity contribution in [3.8, 4) is 22.5 Å². The quantitative estimate of drug-likeness (QED) is 0.140. The van der Waals surface area contributed by atoms with Crippen LogP contribution in [0.25, 0.3) is 22.5 Å². The zero-order valence-corrected chi connectivity index (χ0v) is 28.5. The first-order valence-corrected chi connectivity index (χ1v) is 15.8. The van der Waals surface area contributed by atoms with Gasteiger partial charge in [-0.3, -0.25) is 19.2 Å². The normalized spacial score (nSPS) is 10.5. The average Bonchev–Trinajstić information content (AvgIpc) is 3.13. The number of aromatic carboxylic acids is 1. The van der Waals surface area contributed by atoms with E-state index in [1.165, 1.54) is 75.1 Å². The van der Waals surface area contributed by atoms with Crippen LogP contribution in [0.1, 0.15) is 44.9 Å². The highest BCUT2D eigenvalue weighted by molar-refractivity contribution is 6.06. The minimum Gasteiger partial charge on any atom is -0.478 e. The summed E-state index contributed by atoms with van der Waals surface area (Å²) in [7, 11) is 3.02. The van der Waals surface area contributed by atoms with Crippen LogP contribution < -0.4 is 21.8 Å². The fourth-order valence-electron chi connectivity index (χ4n) is 5.33. The Bertz CT molecular complexity index is 2410. The maximum atomic E-state index is 13.5. The van der Waals surface area contributed by atoms with Crippen LogP contribution in [-0.4, -0.2) is 42.2 Å². The molecule has 2 heterocycles. The number of carbonyl (C=O) groups is 3. The molecule has 0 bridgehead atoms. The third kappa shape index (κ3) is 8.05.